The van der Waals surface area contributed by atoms with Gasteiger partial charge in [0.2, 0.25) is 0 Å². The molecule has 1 aliphatic carbocycles. The fourth-order valence-corrected chi connectivity index (χ4v) is 5.43. The van der Waals surface area contributed by atoms with Crippen LogP contribution in [0.4, 0.5) is 5.69 Å². The van der Waals surface area contributed by atoms with Gasteiger partial charge in [0.15, 0.2) is 0 Å². The molecular formula is C31H35IN2O. The largest absolute Gasteiger partial charge is 1.00 e. The Kier molecular flexibility index (Phi) is 8.45. The van der Waals surface area contributed by atoms with Crippen LogP contribution in [0.2, 0.25) is 0 Å². The summed E-state index contributed by atoms with van der Waals surface area (Å²) in [6, 6.07) is 25.5. The van der Waals surface area contributed by atoms with Crippen LogP contribution < -0.4 is 29.3 Å². The van der Waals surface area contributed by atoms with Crippen LogP contribution in [0.15, 0.2) is 78.4 Å². The van der Waals surface area contributed by atoms with Gasteiger partial charge in [0.25, 0.3) is 5.91 Å². The lowest BCUT2D eigenvalue weighted by molar-refractivity contribution is -0.921. The molecule has 2 aliphatic rings. The molecule has 0 unspecified atom stereocenters. The van der Waals surface area contributed by atoms with E-state index in [1.165, 1.54) is 61.0 Å². The molecule has 0 radical (unpaired) electrons. The third-order valence-corrected chi connectivity index (χ3v) is 7.46. The number of rotatable bonds is 5. The highest BCUT2D eigenvalue weighted by Gasteiger charge is 2.23. The van der Waals surface area contributed by atoms with E-state index in [0.717, 1.165) is 40.7 Å². The molecule has 1 amide bonds. The lowest BCUT2D eigenvalue weighted by Crippen LogP contribution is -3.00. The zero-order valence-electron chi connectivity index (χ0n) is 20.6. The van der Waals surface area contributed by atoms with Gasteiger partial charge < -0.3 is 33.8 Å². The second-order valence-electron chi connectivity index (χ2n) is 10.2. The minimum absolute atomic E-state index is 0. The van der Waals surface area contributed by atoms with E-state index in [-0.39, 0.29) is 29.9 Å². The van der Waals surface area contributed by atoms with Gasteiger partial charge in [-0.2, -0.15) is 0 Å². The Labute approximate surface area is 226 Å². The van der Waals surface area contributed by atoms with Crippen LogP contribution in [-0.2, 0) is 17.8 Å². The molecule has 5 rings (SSSR count). The number of carbonyl (C=O) groups excluding carboxylic acids is 1. The minimum atomic E-state index is 0. The van der Waals surface area contributed by atoms with Crippen molar-refractivity contribution in [3.05, 3.63) is 95.1 Å². The SMILES string of the molecule is C[N+]1(Cc2ccc(NC(=O)C3=Cc4cc(-c5ccccc5)ccc4CC3)cc2)CCCCCC1.[I-]. The average Bonchev–Trinajstić information content (AvgIpc) is 3.09. The summed E-state index contributed by atoms with van der Waals surface area (Å²) in [5.41, 5.74) is 7.93. The maximum atomic E-state index is 13.0. The van der Waals surface area contributed by atoms with Crippen molar-refractivity contribution in [3.8, 4) is 11.1 Å². The Morgan fingerprint density at radius 2 is 1.54 bits per heavy atom. The van der Waals surface area contributed by atoms with Gasteiger partial charge in [-0.05, 0) is 85.1 Å². The quantitative estimate of drug-likeness (QED) is 0.362. The topological polar surface area (TPSA) is 29.1 Å². The lowest BCUT2D eigenvalue weighted by Gasteiger charge is -2.33. The fourth-order valence-electron chi connectivity index (χ4n) is 5.43. The zero-order valence-corrected chi connectivity index (χ0v) is 22.8. The predicted molar refractivity (Wildman–Crippen MR) is 141 cm³/mol. The minimum Gasteiger partial charge on any atom is -1.00 e. The summed E-state index contributed by atoms with van der Waals surface area (Å²) in [5, 5.41) is 3.13. The van der Waals surface area contributed by atoms with Gasteiger partial charge in [0.05, 0.1) is 20.1 Å². The summed E-state index contributed by atoms with van der Waals surface area (Å²) >= 11 is 0. The lowest BCUT2D eigenvalue weighted by atomic mass is 9.89. The third kappa shape index (κ3) is 6.42. The Balaban J connectivity index is 0.00000289. The van der Waals surface area contributed by atoms with Crippen molar-refractivity contribution in [1.29, 1.82) is 0 Å². The van der Waals surface area contributed by atoms with Crippen molar-refractivity contribution in [2.45, 2.75) is 45.1 Å². The fraction of sp³-hybridized carbons (Fsp3) is 0.323. The molecule has 3 nitrogen and oxygen atoms in total. The van der Waals surface area contributed by atoms with Crippen molar-refractivity contribution >= 4 is 17.7 Å². The molecule has 1 fully saturated rings. The smallest absolute Gasteiger partial charge is 0.251 e. The van der Waals surface area contributed by atoms with Crippen molar-refractivity contribution < 1.29 is 33.3 Å². The van der Waals surface area contributed by atoms with Crippen LogP contribution in [0.25, 0.3) is 17.2 Å². The molecule has 1 N–H and O–H groups in total. The molecule has 4 heteroatoms. The highest BCUT2D eigenvalue weighted by Crippen LogP contribution is 2.29. The number of quaternary nitrogens is 1. The van der Waals surface area contributed by atoms with Gasteiger partial charge in [0.1, 0.15) is 6.54 Å². The van der Waals surface area contributed by atoms with Crippen molar-refractivity contribution in [3.63, 3.8) is 0 Å². The van der Waals surface area contributed by atoms with E-state index in [1.807, 2.05) is 6.07 Å². The summed E-state index contributed by atoms with van der Waals surface area (Å²) in [6.45, 7) is 3.60. The molecule has 0 aromatic heterocycles. The van der Waals surface area contributed by atoms with Crippen LogP contribution in [0, 0.1) is 0 Å². The first-order valence-corrected chi connectivity index (χ1v) is 12.7. The maximum Gasteiger partial charge on any atom is 0.251 e. The van der Waals surface area contributed by atoms with E-state index in [4.69, 9.17) is 0 Å². The van der Waals surface area contributed by atoms with Gasteiger partial charge >= 0.3 is 0 Å². The van der Waals surface area contributed by atoms with Crippen LogP contribution in [0.5, 0.6) is 0 Å². The molecule has 182 valence electrons. The van der Waals surface area contributed by atoms with Gasteiger partial charge in [-0.3, -0.25) is 4.79 Å². The number of likely N-dealkylation sites (tertiary alicyclic amines) is 1. The average molecular weight is 579 g/mol. The number of fused-ring (bicyclic) bond motifs is 1. The van der Waals surface area contributed by atoms with Crippen molar-refractivity contribution in [2.24, 2.45) is 0 Å². The standard InChI is InChI=1S/C31H34N2O.HI/c1-33(19-7-2-3-8-20-33)23-24-11-17-30(18-12-24)32-31(34)28-16-14-26-13-15-27(21-29(26)22-28)25-9-5-4-6-10-25;/h4-6,9-13,15,17-18,21-22H,2-3,7-8,14,16,19-20,23H2,1H3;1H. The van der Waals surface area contributed by atoms with Crippen molar-refractivity contribution in [2.75, 3.05) is 25.5 Å². The first-order chi connectivity index (χ1) is 16.6. The molecule has 35 heavy (non-hydrogen) atoms. The summed E-state index contributed by atoms with van der Waals surface area (Å²) in [4.78, 5) is 13.0. The molecule has 3 aromatic rings. The number of hydrogen-bond acceptors (Lipinski definition) is 1. The van der Waals surface area contributed by atoms with Crippen LogP contribution in [0.3, 0.4) is 0 Å². The predicted octanol–water partition coefficient (Wildman–Crippen LogP) is 3.85. The molecule has 1 heterocycles. The molecule has 1 saturated heterocycles. The van der Waals surface area contributed by atoms with E-state index < -0.39 is 0 Å². The highest BCUT2D eigenvalue weighted by molar-refractivity contribution is 6.07. The first-order valence-electron chi connectivity index (χ1n) is 12.7. The summed E-state index contributed by atoms with van der Waals surface area (Å²) in [5.74, 6) is 0.00928. The number of halogens is 1. The van der Waals surface area contributed by atoms with Gasteiger partial charge in [-0.1, -0.05) is 54.6 Å². The van der Waals surface area contributed by atoms with Gasteiger partial charge in [-0.25, -0.2) is 0 Å². The molecule has 1 aliphatic heterocycles. The molecule has 0 bridgehead atoms. The number of hydrogen-bond donors (Lipinski definition) is 1. The van der Waals surface area contributed by atoms with Crippen LogP contribution in [0.1, 0.15) is 48.8 Å². The Morgan fingerprint density at radius 1 is 0.829 bits per heavy atom. The zero-order chi connectivity index (χ0) is 23.4. The summed E-state index contributed by atoms with van der Waals surface area (Å²) in [6.07, 6.45) is 9.14. The Hall–Kier alpha value is -2.44. The van der Waals surface area contributed by atoms with Gasteiger partial charge in [-0.15, -0.1) is 0 Å². The number of benzene rings is 3. The molecular weight excluding hydrogens is 543 g/mol. The Morgan fingerprint density at radius 3 is 2.26 bits per heavy atom. The first kappa shape index (κ1) is 25.6. The molecule has 0 atom stereocenters. The van der Waals surface area contributed by atoms with Crippen molar-refractivity contribution in [1.82, 2.24) is 0 Å². The van der Waals surface area contributed by atoms with E-state index in [2.05, 4.69) is 85.2 Å². The number of nitrogens with zero attached hydrogens (tertiary/aromatic N) is 1. The number of amides is 1. The van der Waals surface area contributed by atoms with E-state index in [1.54, 1.807) is 0 Å². The molecule has 0 spiro atoms. The Bertz CT molecular complexity index is 1180. The van der Waals surface area contributed by atoms with Crippen LogP contribution in [-0.4, -0.2) is 30.5 Å². The van der Waals surface area contributed by atoms with Crippen LogP contribution >= 0.6 is 0 Å². The number of anilines is 1. The summed E-state index contributed by atoms with van der Waals surface area (Å²) in [7, 11) is 2.39. The molecule has 3 aromatic carbocycles. The number of nitrogens with one attached hydrogen (secondary N) is 1. The highest BCUT2D eigenvalue weighted by atomic mass is 127. The molecule has 0 saturated carbocycles. The maximum absolute atomic E-state index is 13.0. The van der Waals surface area contributed by atoms with Gasteiger partial charge in [0, 0.05) is 16.8 Å². The normalized spacial score (nSPS) is 16.8. The second kappa shape index (κ2) is 11.5. The number of carbonyl (C=O) groups is 1. The third-order valence-electron chi connectivity index (χ3n) is 7.46. The monoisotopic (exact) mass is 578 g/mol. The summed E-state index contributed by atoms with van der Waals surface area (Å²) < 4.78 is 1.13. The van der Waals surface area contributed by atoms with E-state index >= 15 is 0 Å². The second-order valence-corrected chi connectivity index (χ2v) is 10.2. The van der Waals surface area contributed by atoms with E-state index in [0.29, 0.717) is 0 Å². The number of aryl methyl sites for hydroxylation is 1. The van der Waals surface area contributed by atoms with E-state index in [9.17, 15) is 4.79 Å².